The summed E-state index contributed by atoms with van der Waals surface area (Å²) in [6.45, 7) is 3.92. The summed E-state index contributed by atoms with van der Waals surface area (Å²) in [7, 11) is -1.99. The molecule has 0 fully saturated rings. The Balaban J connectivity index is 1.49. The molecule has 0 saturated heterocycles. The first-order chi connectivity index (χ1) is 15.8. The van der Waals surface area contributed by atoms with Crippen molar-refractivity contribution in [2.24, 2.45) is 7.05 Å². The lowest BCUT2D eigenvalue weighted by Gasteiger charge is -2.22. The molecule has 33 heavy (non-hydrogen) atoms. The number of nitrogens with one attached hydrogen (secondary N) is 1. The quantitative estimate of drug-likeness (QED) is 0.443. The maximum atomic E-state index is 13.1. The van der Waals surface area contributed by atoms with Crippen LogP contribution in [0.3, 0.4) is 0 Å². The van der Waals surface area contributed by atoms with Crippen molar-refractivity contribution < 1.29 is 17.6 Å². The number of carbonyl (C=O) groups excluding carboxylic acids is 1. The van der Waals surface area contributed by atoms with E-state index in [1.807, 2.05) is 13.0 Å². The molecular weight excluding hydrogens is 444 g/mol. The van der Waals surface area contributed by atoms with E-state index < -0.39 is 15.9 Å². The van der Waals surface area contributed by atoms with Gasteiger partial charge >= 0.3 is 6.01 Å². The highest BCUT2D eigenvalue weighted by Crippen LogP contribution is 2.24. The average Bonchev–Trinajstić information content (AvgIpc) is 3.41. The highest BCUT2D eigenvalue weighted by atomic mass is 32.2. The predicted octanol–water partition coefficient (Wildman–Crippen LogP) is 3.25. The van der Waals surface area contributed by atoms with Gasteiger partial charge in [-0.25, -0.2) is 8.42 Å². The van der Waals surface area contributed by atoms with Crippen LogP contribution in [0.25, 0.3) is 11.6 Å². The van der Waals surface area contributed by atoms with Crippen molar-refractivity contribution in [2.45, 2.75) is 18.7 Å². The van der Waals surface area contributed by atoms with Crippen LogP contribution in [-0.2, 0) is 17.1 Å². The van der Waals surface area contributed by atoms with Crippen molar-refractivity contribution in [3.8, 4) is 11.6 Å². The number of amides is 1. The average molecular weight is 467 g/mol. The van der Waals surface area contributed by atoms with Gasteiger partial charge in [-0.05, 0) is 56.3 Å². The van der Waals surface area contributed by atoms with E-state index in [-0.39, 0.29) is 28.9 Å². The topological polar surface area (TPSA) is 123 Å². The molecule has 0 aliphatic heterocycles. The molecule has 1 amide bonds. The Kier molecular flexibility index (Phi) is 5.97. The minimum absolute atomic E-state index is 0.0790. The fraction of sp³-hybridized carbons (Fsp3) is 0.182. The van der Waals surface area contributed by atoms with E-state index in [4.69, 9.17) is 4.42 Å². The minimum Gasteiger partial charge on any atom is -0.401 e. The number of benzene rings is 2. The molecule has 1 N–H and O–H groups in total. The molecule has 2 aromatic heterocycles. The van der Waals surface area contributed by atoms with Crippen molar-refractivity contribution in [1.82, 2.24) is 20.0 Å². The van der Waals surface area contributed by atoms with Gasteiger partial charge < -0.3 is 4.42 Å². The minimum atomic E-state index is -3.78. The van der Waals surface area contributed by atoms with Crippen molar-refractivity contribution >= 4 is 27.6 Å². The molecule has 2 aromatic carbocycles. The van der Waals surface area contributed by atoms with E-state index in [2.05, 4.69) is 20.6 Å². The summed E-state index contributed by atoms with van der Waals surface area (Å²) < 4.78 is 34.6. The van der Waals surface area contributed by atoms with Crippen molar-refractivity contribution in [3.05, 3.63) is 71.9 Å². The van der Waals surface area contributed by atoms with Gasteiger partial charge in [-0.3, -0.25) is 19.1 Å². The van der Waals surface area contributed by atoms with Crippen LogP contribution >= 0.6 is 0 Å². The second-order valence-corrected chi connectivity index (χ2v) is 9.05. The third-order valence-electron chi connectivity index (χ3n) is 5.01. The molecule has 0 bridgehead atoms. The molecule has 4 aromatic rings. The second-order valence-electron chi connectivity index (χ2n) is 7.19. The van der Waals surface area contributed by atoms with Gasteiger partial charge in [-0.2, -0.15) is 5.10 Å². The van der Waals surface area contributed by atoms with Crippen molar-refractivity contribution in [1.29, 1.82) is 0 Å². The van der Waals surface area contributed by atoms with Gasteiger partial charge in [0.15, 0.2) is 0 Å². The summed E-state index contributed by atoms with van der Waals surface area (Å²) in [5.74, 6) is -0.335. The first kappa shape index (κ1) is 22.2. The fourth-order valence-electron chi connectivity index (χ4n) is 3.20. The van der Waals surface area contributed by atoms with Gasteiger partial charge in [-0.1, -0.05) is 23.3 Å². The standard InChI is InChI=1S/C22H22N6O4S/c1-4-28(17-8-6-5-7-9-17)33(30,31)18-12-10-16(11-13-18)20(29)23-22-25-24-21(32-22)19-14-15(2)27(3)26-19/h5-14H,4H2,1-3H3,(H,23,25,29). The first-order valence-electron chi connectivity index (χ1n) is 10.1. The van der Waals surface area contributed by atoms with E-state index in [1.165, 1.54) is 28.6 Å². The summed E-state index contributed by atoms with van der Waals surface area (Å²) in [5, 5.41) is 14.5. The van der Waals surface area contributed by atoms with Crippen molar-refractivity contribution in [2.75, 3.05) is 16.2 Å². The van der Waals surface area contributed by atoms with Crippen LogP contribution in [0.1, 0.15) is 23.0 Å². The molecule has 4 rings (SSSR count). The van der Waals surface area contributed by atoms with Crippen LogP contribution in [0.2, 0.25) is 0 Å². The second kappa shape index (κ2) is 8.87. The Hall–Kier alpha value is -3.99. The number of nitrogens with zero attached hydrogens (tertiary/aromatic N) is 5. The largest absolute Gasteiger partial charge is 0.401 e. The first-order valence-corrected chi connectivity index (χ1v) is 11.6. The molecule has 2 heterocycles. The van der Waals surface area contributed by atoms with Crippen LogP contribution in [0.15, 0.2) is 70.0 Å². The molecule has 0 radical (unpaired) electrons. The Morgan fingerprint density at radius 1 is 1.09 bits per heavy atom. The number of rotatable bonds is 7. The Bertz CT molecular complexity index is 1360. The molecule has 0 atom stereocenters. The molecule has 11 heteroatoms. The zero-order chi connectivity index (χ0) is 23.6. The lowest BCUT2D eigenvalue weighted by molar-refractivity contribution is 0.102. The Morgan fingerprint density at radius 2 is 1.79 bits per heavy atom. The van der Waals surface area contributed by atoms with E-state index >= 15 is 0 Å². The summed E-state index contributed by atoms with van der Waals surface area (Å²) in [4.78, 5) is 12.7. The number of anilines is 2. The summed E-state index contributed by atoms with van der Waals surface area (Å²) >= 11 is 0. The number of hydrogen-bond donors (Lipinski definition) is 1. The predicted molar refractivity (Wildman–Crippen MR) is 122 cm³/mol. The smallest absolute Gasteiger partial charge is 0.322 e. The monoisotopic (exact) mass is 466 g/mol. The third kappa shape index (κ3) is 4.48. The van der Waals surface area contributed by atoms with Crippen molar-refractivity contribution in [3.63, 3.8) is 0 Å². The lowest BCUT2D eigenvalue weighted by atomic mass is 10.2. The van der Waals surface area contributed by atoms with Crippen LogP contribution in [0.5, 0.6) is 0 Å². The van der Waals surface area contributed by atoms with Gasteiger partial charge in [0.1, 0.15) is 5.69 Å². The molecule has 10 nitrogen and oxygen atoms in total. The highest BCUT2D eigenvalue weighted by molar-refractivity contribution is 7.92. The maximum absolute atomic E-state index is 13.1. The number of hydrogen-bond acceptors (Lipinski definition) is 7. The molecule has 0 aliphatic carbocycles. The Morgan fingerprint density at radius 3 is 2.39 bits per heavy atom. The normalized spacial score (nSPS) is 11.4. The van der Waals surface area contributed by atoms with E-state index in [0.717, 1.165) is 5.69 Å². The Labute approximate surface area is 190 Å². The van der Waals surface area contributed by atoms with Gasteiger partial charge in [0, 0.05) is 24.8 Å². The fourth-order valence-corrected chi connectivity index (χ4v) is 4.68. The molecule has 170 valence electrons. The number of carbonyl (C=O) groups is 1. The summed E-state index contributed by atoms with van der Waals surface area (Å²) in [5.41, 5.74) is 2.22. The summed E-state index contributed by atoms with van der Waals surface area (Å²) in [6, 6.07) is 16.2. The molecular formula is C22H22N6O4S. The summed E-state index contributed by atoms with van der Waals surface area (Å²) in [6.07, 6.45) is 0. The molecule has 0 saturated carbocycles. The van der Waals surface area contributed by atoms with Crippen LogP contribution in [0, 0.1) is 6.92 Å². The highest BCUT2D eigenvalue weighted by Gasteiger charge is 2.24. The van der Waals surface area contributed by atoms with Gasteiger partial charge in [-0.15, -0.1) is 5.10 Å². The number of aryl methyl sites for hydroxylation is 2. The van der Waals surface area contributed by atoms with Crippen LogP contribution in [0.4, 0.5) is 11.7 Å². The van der Waals surface area contributed by atoms with Crippen LogP contribution in [-0.4, -0.2) is 40.8 Å². The third-order valence-corrected chi connectivity index (χ3v) is 6.93. The number of sulfonamides is 1. The van der Waals surface area contributed by atoms with Gasteiger partial charge in [0.05, 0.1) is 10.6 Å². The maximum Gasteiger partial charge on any atom is 0.322 e. The number of para-hydroxylation sites is 1. The van der Waals surface area contributed by atoms with Crippen LogP contribution < -0.4 is 9.62 Å². The molecule has 0 aliphatic rings. The number of aromatic nitrogens is 4. The molecule has 0 spiro atoms. The SMILES string of the molecule is CCN(c1ccccc1)S(=O)(=O)c1ccc(C(=O)Nc2nnc(-c3cc(C)n(C)n3)o2)cc1. The van der Waals surface area contributed by atoms with Gasteiger partial charge in [0.2, 0.25) is 0 Å². The zero-order valence-electron chi connectivity index (χ0n) is 18.3. The van der Waals surface area contributed by atoms with E-state index in [1.54, 1.807) is 49.0 Å². The lowest BCUT2D eigenvalue weighted by Crippen LogP contribution is -2.30. The van der Waals surface area contributed by atoms with E-state index in [0.29, 0.717) is 11.4 Å². The zero-order valence-corrected chi connectivity index (χ0v) is 19.1. The van der Waals surface area contributed by atoms with E-state index in [9.17, 15) is 13.2 Å². The molecule has 0 unspecified atom stereocenters. The van der Waals surface area contributed by atoms with Gasteiger partial charge in [0.25, 0.3) is 21.8 Å².